The van der Waals surface area contributed by atoms with E-state index in [1.807, 2.05) is 22.2 Å². The monoisotopic (exact) mass is 339 g/mol. The van der Waals surface area contributed by atoms with Gasteiger partial charge in [0.25, 0.3) is 0 Å². The third-order valence-corrected chi connectivity index (χ3v) is 6.40. The van der Waals surface area contributed by atoms with Gasteiger partial charge < -0.3 is 9.80 Å². The molecule has 2 bridgehead atoms. The van der Waals surface area contributed by atoms with Crippen molar-refractivity contribution in [3.63, 3.8) is 0 Å². The third kappa shape index (κ3) is 3.15. The second-order valence-electron chi connectivity index (χ2n) is 5.89. The highest BCUT2D eigenvalue weighted by atomic mass is 32.2. The standard InChI is InChI=1S/C15H21N3O2S2/c1-3-21-15-16-11(9-22-15)6-13(19)18-7-10-4-5-12(8-18)17(2)14(10)20/h9-10,12H,3-8H2,1-2H3/t10-,12+/m1/s1. The van der Waals surface area contributed by atoms with Crippen molar-refractivity contribution in [2.45, 2.75) is 36.6 Å². The zero-order chi connectivity index (χ0) is 15.7. The van der Waals surface area contributed by atoms with Crippen LogP contribution in [-0.4, -0.2) is 58.5 Å². The number of amides is 2. The van der Waals surface area contributed by atoms with Gasteiger partial charge in [-0.2, -0.15) is 0 Å². The Morgan fingerprint density at radius 1 is 1.45 bits per heavy atom. The van der Waals surface area contributed by atoms with Gasteiger partial charge in [0.1, 0.15) is 4.34 Å². The lowest BCUT2D eigenvalue weighted by atomic mass is 9.95. The Balaban J connectivity index is 1.66. The maximum Gasteiger partial charge on any atom is 0.228 e. The molecule has 0 unspecified atom stereocenters. The van der Waals surface area contributed by atoms with Gasteiger partial charge in [0.15, 0.2) is 0 Å². The summed E-state index contributed by atoms with van der Waals surface area (Å²) in [6, 6.07) is 0.178. The number of fused-ring (bicyclic) bond motifs is 4. The summed E-state index contributed by atoms with van der Waals surface area (Å²) in [5.74, 6) is 1.26. The van der Waals surface area contributed by atoms with Crippen molar-refractivity contribution in [1.82, 2.24) is 14.8 Å². The second kappa shape index (κ2) is 6.58. The van der Waals surface area contributed by atoms with Crippen LogP contribution in [0.3, 0.4) is 0 Å². The maximum absolute atomic E-state index is 12.6. The van der Waals surface area contributed by atoms with E-state index in [9.17, 15) is 9.59 Å². The molecule has 4 rings (SSSR count). The molecule has 4 heterocycles. The van der Waals surface area contributed by atoms with Gasteiger partial charge >= 0.3 is 0 Å². The Kier molecular flexibility index (Phi) is 4.73. The highest BCUT2D eigenvalue weighted by Gasteiger charge is 2.40. The summed E-state index contributed by atoms with van der Waals surface area (Å²) in [7, 11) is 1.86. The molecule has 7 heteroatoms. The van der Waals surface area contributed by atoms with Crippen molar-refractivity contribution in [1.29, 1.82) is 0 Å². The van der Waals surface area contributed by atoms with Gasteiger partial charge in [0.2, 0.25) is 11.8 Å². The minimum Gasteiger partial charge on any atom is -0.341 e. The molecule has 3 fully saturated rings. The molecule has 120 valence electrons. The molecule has 2 atom stereocenters. The fourth-order valence-electron chi connectivity index (χ4n) is 3.19. The van der Waals surface area contributed by atoms with Gasteiger partial charge in [-0.1, -0.05) is 18.7 Å². The number of hydrogen-bond acceptors (Lipinski definition) is 5. The molecular formula is C15H21N3O2S2. The van der Waals surface area contributed by atoms with E-state index in [4.69, 9.17) is 0 Å². The Morgan fingerprint density at radius 2 is 2.27 bits per heavy atom. The van der Waals surface area contributed by atoms with E-state index in [1.165, 1.54) is 0 Å². The third-order valence-electron chi connectivity index (χ3n) is 4.45. The summed E-state index contributed by atoms with van der Waals surface area (Å²) in [6.07, 6.45) is 2.26. The lowest BCUT2D eigenvalue weighted by Gasteiger charge is -2.32. The minimum absolute atomic E-state index is 0.0191. The molecular weight excluding hydrogens is 318 g/mol. The van der Waals surface area contributed by atoms with Crippen molar-refractivity contribution in [2.75, 3.05) is 25.9 Å². The molecule has 3 aliphatic rings. The second-order valence-corrected chi connectivity index (χ2v) is 8.26. The Bertz CT molecular complexity index is 575. The quantitative estimate of drug-likeness (QED) is 0.786. The van der Waals surface area contributed by atoms with E-state index in [0.29, 0.717) is 19.5 Å². The number of carbonyl (C=O) groups is 2. The highest BCUT2D eigenvalue weighted by molar-refractivity contribution is 8.00. The van der Waals surface area contributed by atoms with Crippen LogP contribution in [0.15, 0.2) is 9.72 Å². The Labute approximate surface area is 139 Å². The summed E-state index contributed by atoms with van der Waals surface area (Å²) >= 11 is 3.30. The number of likely N-dealkylation sites (N-methyl/N-ethyl adjacent to an activating group) is 1. The van der Waals surface area contributed by atoms with Crippen LogP contribution in [0, 0.1) is 5.92 Å². The molecule has 3 aliphatic heterocycles. The number of hydrogen-bond donors (Lipinski definition) is 0. The number of rotatable bonds is 4. The summed E-state index contributed by atoms with van der Waals surface area (Å²) in [5, 5.41) is 1.97. The first-order valence-electron chi connectivity index (χ1n) is 7.70. The van der Waals surface area contributed by atoms with Crippen LogP contribution in [0.1, 0.15) is 25.5 Å². The molecule has 0 radical (unpaired) electrons. The predicted molar refractivity (Wildman–Crippen MR) is 88.1 cm³/mol. The number of aromatic nitrogens is 1. The molecule has 5 nitrogen and oxygen atoms in total. The van der Waals surface area contributed by atoms with Gasteiger partial charge in [0, 0.05) is 31.6 Å². The van der Waals surface area contributed by atoms with Crippen LogP contribution in [0.5, 0.6) is 0 Å². The minimum atomic E-state index is -0.0191. The largest absolute Gasteiger partial charge is 0.341 e. The van der Waals surface area contributed by atoms with Crippen molar-refractivity contribution >= 4 is 34.9 Å². The fourth-order valence-corrected chi connectivity index (χ4v) is 4.93. The summed E-state index contributed by atoms with van der Waals surface area (Å²) in [4.78, 5) is 33.0. The van der Waals surface area contributed by atoms with Crippen LogP contribution >= 0.6 is 23.1 Å². The van der Waals surface area contributed by atoms with Gasteiger partial charge in [0.05, 0.1) is 18.0 Å². The zero-order valence-corrected chi connectivity index (χ0v) is 14.6. The first-order valence-corrected chi connectivity index (χ1v) is 9.56. The van der Waals surface area contributed by atoms with E-state index in [0.717, 1.165) is 28.6 Å². The molecule has 22 heavy (non-hydrogen) atoms. The lowest BCUT2D eigenvalue weighted by Crippen LogP contribution is -2.45. The first-order chi connectivity index (χ1) is 10.6. The first kappa shape index (κ1) is 15.8. The molecule has 1 aromatic rings. The summed E-state index contributed by atoms with van der Waals surface area (Å²) in [6.45, 7) is 3.33. The normalized spacial score (nSPS) is 24.7. The number of thioether (sulfide) groups is 1. The van der Waals surface area contributed by atoms with Crippen LogP contribution in [0.25, 0.3) is 0 Å². The highest BCUT2D eigenvalue weighted by Crippen LogP contribution is 2.28. The van der Waals surface area contributed by atoms with Crippen molar-refractivity contribution in [3.8, 4) is 0 Å². The zero-order valence-electron chi connectivity index (χ0n) is 12.9. The van der Waals surface area contributed by atoms with E-state index < -0.39 is 0 Å². The van der Waals surface area contributed by atoms with Crippen LogP contribution in [0.4, 0.5) is 0 Å². The number of piperidine rings is 1. The van der Waals surface area contributed by atoms with Crippen molar-refractivity contribution in [3.05, 3.63) is 11.1 Å². The molecule has 2 amide bonds. The maximum atomic E-state index is 12.6. The number of thiazole rings is 1. The van der Waals surface area contributed by atoms with Crippen LogP contribution < -0.4 is 0 Å². The molecule has 1 aromatic heterocycles. The molecule has 3 saturated heterocycles. The molecule has 0 N–H and O–H groups in total. The molecule has 0 aromatic carbocycles. The molecule has 0 aliphatic carbocycles. The lowest BCUT2D eigenvalue weighted by molar-refractivity contribution is -0.138. The SMILES string of the molecule is CCSc1nc(CC(=O)N2C[C@H]3CC[C@@H](C2)N(C)C3=O)cs1. The van der Waals surface area contributed by atoms with Crippen LogP contribution in [0.2, 0.25) is 0 Å². The van der Waals surface area contributed by atoms with E-state index in [-0.39, 0.29) is 23.8 Å². The van der Waals surface area contributed by atoms with Gasteiger partial charge in [-0.15, -0.1) is 11.3 Å². The molecule has 0 spiro atoms. The van der Waals surface area contributed by atoms with Gasteiger partial charge in [-0.3, -0.25) is 9.59 Å². The van der Waals surface area contributed by atoms with Crippen molar-refractivity contribution in [2.24, 2.45) is 5.92 Å². The van der Waals surface area contributed by atoms with Gasteiger partial charge in [-0.25, -0.2) is 4.98 Å². The number of carbonyl (C=O) groups excluding carboxylic acids is 2. The average molecular weight is 339 g/mol. The van der Waals surface area contributed by atoms with Crippen LogP contribution in [-0.2, 0) is 16.0 Å². The topological polar surface area (TPSA) is 53.5 Å². The summed E-state index contributed by atoms with van der Waals surface area (Å²) < 4.78 is 1.02. The Morgan fingerprint density at radius 3 is 3.05 bits per heavy atom. The van der Waals surface area contributed by atoms with E-state index >= 15 is 0 Å². The Hall–Kier alpha value is -1.08. The predicted octanol–water partition coefficient (Wildman–Crippen LogP) is 1.88. The fraction of sp³-hybridized carbons (Fsp3) is 0.667. The smallest absolute Gasteiger partial charge is 0.228 e. The summed E-state index contributed by atoms with van der Waals surface area (Å²) in [5.41, 5.74) is 0.849. The molecule has 0 saturated carbocycles. The van der Waals surface area contributed by atoms with E-state index in [1.54, 1.807) is 23.1 Å². The number of nitrogens with zero attached hydrogens (tertiary/aromatic N) is 3. The van der Waals surface area contributed by atoms with Crippen molar-refractivity contribution < 1.29 is 9.59 Å². The van der Waals surface area contributed by atoms with Gasteiger partial charge in [-0.05, 0) is 18.6 Å². The van der Waals surface area contributed by atoms with E-state index in [2.05, 4.69) is 11.9 Å². The average Bonchev–Trinajstić information content (AvgIpc) is 2.76.